The fourth-order valence-electron chi connectivity index (χ4n) is 4.49. The molecule has 1 aromatic rings. The molecule has 0 spiro atoms. The fourth-order valence-corrected chi connectivity index (χ4v) is 4.49. The van der Waals surface area contributed by atoms with Gasteiger partial charge in [0, 0.05) is 25.9 Å². The molecule has 0 aromatic heterocycles. The molecule has 1 rings (SSSR count). The van der Waals surface area contributed by atoms with Crippen LogP contribution in [0.25, 0.3) is 0 Å². The summed E-state index contributed by atoms with van der Waals surface area (Å²) in [6, 6.07) is -0.822. The smallest absolute Gasteiger partial charge is 0.243 e. The number of rotatable bonds is 23. The van der Waals surface area contributed by atoms with Crippen LogP contribution < -0.4 is 61.4 Å². The van der Waals surface area contributed by atoms with Gasteiger partial charge in [-0.1, -0.05) is 12.1 Å². The average molecular weight is 722 g/mol. The number of primary amides is 2. The average Bonchev–Trinajstić information content (AvgIpc) is 3.05. The van der Waals surface area contributed by atoms with Crippen molar-refractivity contribution in [3.63, 3.8) is 0 Å². The second kappa shape index (κ2) is 22.1. The van der Waals surface area contributed by atoms with Crippen molar-refractivity contribution in [3.05, 3.63) is 29.8 Å². The Morgan fingerprint density at radius 2 is 1.08 bits per heavy atom. The third-order valence-electron chi connectivity index (χ3n) is 7.33. The molecule has 0 unspecified atom stereocenters. The maximum atomic E-state index is 13.6. The van der Waals surface area contributed by atoms with Crippen molar-refractivity contribution in [2.45, 2.75) is 88.2 Å². The van der Waals surface area contributed by atoms with Crippen molar-refractivity contribution in [2.75, 3.05) is 13.1 Å². The van der Waals surface area contributed by atoms with Gasteiger partial charge >= 0.3 is 0 Å². The minimum Gasteiger partial charge on any atom is -0.508 e. The van der Waals surface area contributed by atoms with E-state index in [0.717, 1.165) is 0 Å². The Labute approximate surface area is 294 Å². The summed E-state index contributed by atoms with van der Waals surface area (Å²) in [5.41, 5.74) is 38.6. The molecule has 20 N–H and O–H groups in total. The standard InChI is InChI=1S/C30H51N13O8/c1-15(44)23(32)28(51)42-19(5-3-13-39-30(36)37)25(48)41-20(10-11-22(31)46)27(50)40-18(4-2-12-38-29(34)35)26(49)43-21(24(33)47)14-16-6-8-17(45)9-7-16/h6-9,15,18-21,23,44-45H,2-5,10-14,32H2,1H3,(H2,31,46)(H2,33,47)(H,40,50)(H,41,48)(H,42,51)(H,43,49)(H4,34,35,38)(H4,36,37,39)/t15-,18+,19+,20+,21+,23+/m1/s1. The van der Waals surface area contributed by atoms with Gasteiger partial charge in [-0.25, -0.2) is 0 Å². The number of aromatic hydroxyl groups is 1. The van der Waals surface area contributed by atoms with E-state index in [1.165, 1.54) is 31.2 Å². The molecule has 284 valence electrons. The lowest BCUT2D eigenvalue weighted by Gasteiger charge is -2.27. The zero-order valence-corrected chi connectivity index (χ0v) is 28.4. The van der Waals surface area contributed by atoms with Gasteiger partial charge in [0.25, 0.3) is 0 Å². The molecule has 6 atom stereocenters. The molecule has 21 nitrogen and oxygen atoms in total. The minimum absolute atomic E-state index is 0.0112. The first-order valence-corrected chi connectivity index (χ1v) is 16.0. The third-order valence-corrected chi connectivity index (χ3v) is 7.33. The summed E-state index contributed by atoms with van der Waals surface area (Å²) < 4.78 is 0. The van der Waals surface area contributed by atoms with E-state index >= 15 is 0 Å². The predicted octanol–water partition coefficient (Wildman–Crippen LogP) is -5.56. The van der Waals surface area contributed by atoms with Crippen molar-refractivity contribution < 1.29 is 39.0 Å². The maximum absolute atomic E-state index is 13.6. The van der Waals surface area contributed by atoms with Crippen LogP contribution in [0.5, 0.6) is 5.75 Å². The minimum atomic E-state index is -1.45. The summed E-state index contributed by atoms with van der Waals surface area (Å²) in [7, 11) is 0. The van der Waals surface area contributed by atoms with Crippen LogP contribution in [0.2, 0.25) is 0 Å². The highest BCUT2D eigenvalue weighted by molar-refractivity contribution is 5.96. The number of aliphatic imine (C=N–C) groups is 2. The number of aliphatic hydroxyl groups excluding tert-OH is 1. The molecular formula is C30H51N13O8. The lowest BCUT2D eigenvalue weighted by atomic mass is 10.0. The number of hydrogen-bond donors (Lipinski definition) is 13. The Morgan fingerprint density at radius 3 is 1.47 bits per heavy atom. The quantitative estimate of drug-likeness (QED) is 0.0285. The molecule has 6 amide bonds. The molecule has 0 bridgehead atoms. The molecule has 21 heteroatoms. The van der Waals surface area contributed by atoms with Gasteiger partial charge in [-0.15, -0.1) is 0 Å². The number of phenolic OH excluding ortho intramolecular Hbond substituents is 1. The Balaban J connectivity index is 3.30. The molecule has 0 aliphatic carbocycles. The van der Waals surface area contributed by atoms with Crippen molar-refractivity contribution in [1.82, 2.24) is 21.3 Å². The third kappa shape index (κ3) is 17.5. The first-order valence-electron chi connectivity index (χ1n) is 16.0. The van der Waals surface area contributed by atoms with E-state index in [9.17, 15) is 39.0 Å². The molecule has 0 aliphatic rings. The molecule has 51 heavy (non-hydrogen) atoms. The number of amides is 6. The summed E-state index contributed by atoms with van der Waals surface area (Å²) in [5.74, 6) is -5.53. The van der Waals surface area contributed by atoms with Crippen molar-refractivity contribution in [2.24, 2.45) is 50.1 Å². The van der Waals surface area contributed by atoms with Crippen LogP contribution in [0.3, 0.4) is 0 Å². The maximum Gasteiger partial charge on any atom is 0.243 e. The molecule has 0 fully saturated rings. The summed E-state index contributed by atoms with van der Waals surface area (Å²) in [4.78, 5) is 84.9. The monoisotopic (exact) mass is 721 g/mol. The Morgan fingerprint density at radius 1 is 0.667 bits per heavy atom. The zero-order chi connectivity index (χ0) is 38.7. The molecular weight excluding hydrogens is 670 g/mol. The SMILES string of the molecule is C[C@@H](O)[C@H](N)C(=O)N[C@@H](CCCN=C(N)N)C(=O)N[C@@H](CCC(N)=O)C(=O)N[C@@H](CCCN=C(N)N)C(=O)N[C@@H](Cc1ccc(O)cc1)C(N)=O. The molecule has 1 aromatic carbocycles. The van der Waals surface area contributed by atoms with E-state index in [1.807, 2.05) is 0 Å². The van der Waals surface area contributed by atoms with Crippen LogP contribution in [0.1, 0.15) is 51.0 Å². The number of aliphatic hydroxyl groups is 1. The van der Waals surface area contributed by atoms with E-state index in [4.69, 9.17) is 40.1 Å². The zero-order valence-electron chi connectivity index (χ0n) is 28.4. The number of carbonyl (C=O) groups is 6. The topological polar surface area (TPSA) is 398 Å². The summed E-state index contributed by atoms with van der Waals surface area (Å²) in [6.07, 6.45) is -1.65. The van der Waals surface area contributed by atoms with Gasteiger partial charge in [-0.05, 0) is 56.7 Å². The summed E-state index contributed by atoms with van der Waals surface area (Å²) in [5, 5.41) is 29.3. The second-order valence-corrected chi connectivity index (χ2v) is 11.7. The lowest BCUT2D eigenvalue weighted by molar-refractivity contribution is -0.135. The summed E-state index contributed by atoms with van der Waals surface area (Å²) >= 11 is 0. The lowest BCUT2D eigenvalue weighted by Crippen LogP contribution is -2.59. The van der Waals surface area contributed by atoms with Gasteiger partial charge in [0.2, 0.25) is 35.4 Å². The van der Waals surface area contributed by atoms with Crippen LogP contribution in [-0.2, 0) is 35.2 Å². The molecule has 0 saturated carbocycles. The van der Waals surface area contributed by atoms with E-state index in [-0.39, 0.29) is 75.7 Å². The highest BCUT2D eigenvalue weighted by atomic mass is 16.3. The highest BCUT2D eigenvalue weighted by Crippen LogP contribution is 2.12. The number of hydrogen-bond acceptors (Lipinski definition) is 11. The normalized spacial score (nSPS) is 14.3. The van der Waals surface area contributed by atoms with Gasteiger partial charge in [0.15, 0.2) is 11.9 Å². The largest absolute Gasteiger partial charge is 0.508 e. The number of guanidine groups is 2. The van der Waals surface area contributed by atoms with Gasteiger partial charge < -0.3 is 71.6 Å². The number of phenols is 1. The van der Waals surface area contributed by atoms with E-state index in [2.05, 4.69) is 31.3 Å². The van der Waals surface area contributed by atoms with Gasteiger partial charge in [0.05, 0.1) is 6.10 Å². The van der Waals surface area contributed by atoms with Gasteiger partial charge in [-0.2, -0.15) is 0 Å². The number of nitrogens with one attached hydrogen (secondary N) is 4. The first kappa shape index (κ1) is 43.3. The predicted molar refractivity (Wildman–Crippen MR) is 187 cm³/mol. The molecule has 0 radical (unpaired) electrons. The second-order valence-electron chi connectivity index (χ2n) is 11.7. The fraction of sp³-hybridized carbons (Fsp3) is 0.533. The molecule has 0 saturated heterocycles. The summed E-state index contributed by atoms with van der Waals surface area (Å²) in [6.45, 7) is 1.45. The Bertz CT molecular complexity index is 1400. The van der Waals surface area contributed by atoms with E-state index in [1.54, 1.807) is 0 Å². The number of carbonyl (C=O) groups excluding carboxylic acids is 6. The number of nitrogens with two attached hydrogens (primary N) is 7. The molecule has 0 heterocycles. The Kier molecular flexibility index (Phi) is 18.8. The highest BCUT2D eigenvalue weighted by Gasteiger charge is 2.32. The van der Waals surface area contributed by atoms with Gasteiger partial charge in [-0.3, -0.25) is 38.8 Å². The van der Waals surface area contributed by atoms with Crippen LogP contribution >= 0.6 is 0 Å². The van der Waals surface area contributed by atoms with E-state index in [0.29, 0.717) is 5.56 Å². The molecule has 0 aliphatic heterocycles. The first-order chi connectivity index (χ1) is 23.9. The van der Waals surface area contributed by atoms with Crippen molar-refractivity contribution in [1.29, 1.82) is 0 Å². The van der Waals surface area contributed by atoms with E-state index < -0.39 is 71.8 Å². The van der Waals surface area contributed by atoms with Crippen LogP contribution in [-0.4, -0.2) is 107 Å². The Hall–Kier alpha value is -5.70. The van der Waals surface area contributed by atoms with Crippen LogP contribution in [0, 0.1) is 0 Å². The van der Waals surface area contributed by atoms with Crippen LogP contribution in [0.15, 0.2) is 34.3 Å². The van der Waals surface area contributed by atoms with Crippen molar-refractivity contribution >= 4 is 47.4 Å². The van der Waals surface area contributed by atoms with Crippen LogP contribution in [0.4, 0.5) is 0 Å². The number of benzene rings is 1. The van der Waals surface area contributed by atoms with Gasteiger partial charge in [0.1, 0.15) is 36.0 Å². The number of nitrogens with zero attached hydrogens (tertiary/aromatic N) is 2. The van der Waals surface area contributed by atoms with Crippen molar-refractivity contribution in [3.8, 4) is 5.75 Å².